The van der Waals surface area contributed by atoms with Gasteiger partial charge in [-0.15, -0.1) is 0 Å². The molecule has 0 atom stereocenters. The van der Waals surface area contributed by atoms with Gasteiger partial charge >= 0.3 is 0 Å². The van der Waals surface area contributed by atoms with Crippen LogP contribution in [0.25, 0.3) is 16.8 Å². The summed E-state index contributed by atoms with van der Waals surface area (Å²) >= 11 is 12.1. The van der Waals surface area contributed by atoms with Crippen LogP contribution in [-0.4, -0.2) is 5.91 Å². The van der Waals surface area contributed by atoms with Gasteiger partial charge in [-0.2, -0.15) is 5.26 Å². The number of anilines is 1. The van der Waals surface area contributed by atoms with Crippen LogP contribution in [0.3, 0.4) is 0 Å². The fraction of sp³-hybridized carbons (Fsp3) is 0.0370. The van der Waals surface area contributed by atoms with Crippen LogP contribution in [0.5, 0.6) is 5.75 Å². The average Bonchev–Trinajstić information content (AvgIpc) is 2.83. The van der Waals surface area contributed by atoms with E-state index in [0.29, 0.717) is 33.7 Å². The molecule has 4 aromatic carbocycles. The van der Waals surface area contributed by atoms with Crippen LogP contribution >= 0.6 is 23.2 Å². The number of fused-ring (bicyclic) bond motifs is 1. The zero-order valence-electron chi connectivity index (χ0n) is 17.4. The van der Waals surface area contributed by atoms with E-state index in [1.807, 2.05) is 42.5 Å². The molecule has 0 bridgehead atoms. The van der Waals surface area contributed by atoms with Crippen molar-refractivity contribution in [2.75, 3.05) is 5.32 Å². The fourth-order valence-electron chi connectivity index (χ4n) is 3.37. The third kappa shape index (κ3) is 5.53. The number of amides is 1. The summed E-state index contributed by atoms with van der Waals surface area (Å²) in [6.07, 6.45) is 1.50. The molecule has 33 heavy (non-hydrogen) atoms. The molecular weight excluding hydrogens is 455 g/mol. The minimum Gasteiger partial charge on any atom is -0.489 e. The van der Waals surface area contributed by atoms with E-state index in [0.717, 1.165) is 16.3 Å². The van der Waals surface area contributed by atoms with Crippen LogP contribution in [0.2, 0.25) is 10.0 Å². The molecule has 0 saturated heterocycles. The summed E-state index contributed by atoms with van der Waals surface area (Å²) in [5.74, 6) is 0.0519. The summed E-state index contributed by atoms with van der Waals surface area (Å²) in [4.78, 5) is 12.6. The van der Waals surface area contributed by atoms with Crippen LogP contribution in [0, 0.1) is 11.3 Å². The Hall–Kier alpha value is -3.78. The van der Waals surface area contributed by atoms with Gasteiger partial charge in [0.1, 0.15) is 24.0 Å². The number of carbonyl (C=O) groups is 1. The fourth-order valence-corrected chi connectivity index (χ4v) is 3.71. The van der Waals surface area contributed by atoms with Gasteiger partial charge in [0.15, 0.2) is 0 Å². The Morgan fingerprint density at radius 2 is 1.76 bits per heavy atom. The highest BCUT2D eigenvalue weighted by atomic mass is 35.5. The number of hydrogen-bond acceptors (Lipinski definition) is 3. The third-order valence-corrected chi connectivity index (χ3v) is 5.55. The van der Waals surface area contributed by atoms with Gasteiger partial charge in [0.05, 0.1) is 10.7 Å². The quantitative estimate of drug-likeness (QED) is 0.237. The zero-order chi connectivity index (χ0) is 23.2. The van der Waals surface area contributed by atoms with E-state index in [1.54, 1.807) is 24.3 Å². The SMILES string of the molecule is N#C/C(=C/c1cccc(OCc2cccc3ccccc23)c1)C(=O)Nc1cc(Cl)ccc1Cl. The van der Waals surface area contributed by atoms with Crippen molar-refractivity contribution in [2.45, 2.75) is 6.61 Å². The molecule has 0 aliphatic heterocycles. The highest BCUT2D eigenvalue weighted by molar-refractivity contribution is 6.36. The van der Waals surface area contributed by atoms with E-state index < -0.39 is 5.91 Å². The van der Waals surface area contributed by atoms with E-state index in [4.69, 9.17) is 27.9 Å². The number of ether oxygens (including phenoxy) is 1. The molecule has 0 aliphatic rings. The van der Waals surface area contributed by atoms with Crippen LogP contribution in [0.4, 0.5) is 5.69 Å². The molecule has 0 aromatic heterocycles. The van der Waals surface area contributed by atoms with Gasteiger partial charge in [-0.1, -0.05) is 77.8 Å². The van der Waals surface area contributed by atoms with E-state index in [2.05, 4.69) is 23.5 Å². The van der Waals surface area contributed by atoms with Crippen LogP contribution < -0.4 is 10.1 Å². The predicted octanol–water partition coefficient (Wildman–Crippen LogP) is 7.27. The number of rotatable bonds is 6. The smallest absolute Gasteiger partial charge is 0.266 e. The minimum atomic E-state index is -0.580. The number of hydrogen-bond donors (Lipinski definition) is 1. The van der Waals surface area contributed by atoms with Gasteiger partial charge in [0.25, 0.3) is 5.91 Å². The summed E-state index contributed by atoms with van der Waals surface area (Å²) in [7, 11) is 0. The predicted molar refractivity (Wildman–Crippen MR) is 133 cm³/mol. The maximum atomic E-state index is 12.6. The van der Waals surface area contributed by atoms with Crippen LogP contribution in [-0.2, 0) is 11.4 Å². The number of nitrogens with one attached hydrogen (secondary N) is 1. The van der Waals surface area contributed by atoms with Crippen molar-refractivity contribution < 1.29 is 9.53 Å². The summed E-state index contributed by atoms with van der Waals surface area (Å²) in [6, 6.07) is 28.1. The molecule has 0 radical (unpaired) electrons. The van der Waals surface area contributed by atoms with E-state index in [9.17, 15) is 10.1 Å². The molecule has 162 valence electrons. The highest BCUT2D eigenvalue weighted by Gasteiger charge is 2.12. The summed E-state index contributed by atoms with van der Waals surface area (Å²) in [5, 5.41) is 15.2. The Bertz CT molecular complexity index is 1400. The van der Waals surface area contributed by atoms with Crippen molar-refractivity contribution in [3.63, 3.8) is 0 Å². The monoisotopic (exact) mass is 472 g/mol. The Morgan fingerprint density at radius 1 is 0.970 bits per heavy atom. The molecule has 6 heteroatoms. The van der Waals surface area contributed by atoms with Crippen molar-refractivity contribution in [3.8, 4) is 11.8 Å². The maximum Gasteiger partial charge on any atom is 0.266 e. The van der Waals surface area contributed by atoms with Crippen molar-refractivity contribution in [1.29, 1.82) is 5.26 Å². The molecule has 0 saturated carbocycles. The maximum absolute atomic E-state index is 12.6. The van der Waals surface area contributed by atoms with Gasteiger partial charge in [-0.25, -0.2) is 0 Å². The van der Waals surface area contributed by atoms with Crippen LogP contribution in [0.1, 0.15) is 11.1 Å². The molecule has 1 N–H and O–H groups in total. The Labute approximate surface area is 201 Å². The lowest BCUT2D eigenvalue weighted by atomic mass is 10.1. The van der Waals surface area contributed by atoms with E-state index in [1.165, 1.54) is 12.1 Å². The lowest BCUT2D eigenvalue weighted by Crippen LogP contribution is -2.13. The molecule has 1 amide bonds. The highest BCUT2D eigenvalue weighted by Crippen LogP contribution is 2.26. The van der Waals surface area contributed by atoms with E-state index >= 15 is 0 Å². The van der Waals surface area contributed by atoms with Crippen molar-refractivity contribution >= 4 is 51.6 Å². The van der Waals surface area contributed by atoms with Gasteiger partial charge in [0.2, 0.25) is 0 Å². The van der Waals surface area contributed by atoms with Gasteiger partial charge in [0, 0.05) is 5.02 Å². The Balaban J connectivity index is 1.50. The molecule has 0 fully saturated rings. The average molecular weight is 473 g/mol. The number of carbonyl (C=O) groups excluding carboxylic acids is 1. The molecule has 0 unspecified atom stereocenters. The second-order valence-corrected chi connectivity index (χ2v) is 8.09. The van der Waals surface area contributed by atoms with Crippen LogP contribution in [0.15, 0.2) is 90.5 Å². The summed E-state index contributed by atoms with van der Waals surface area (Å²) in [5.41, 5.74) is 2.00. The second-order valence-electron chi connectivity index (χ2n) is 7.25. The van der Waals surface area contributed by atoms with Gasteiger partial charge in [-0.3, -0.25) is 4.79 Å². The molecule has 4 aromatic rings. The number of nitriles is 1. The minimum absolute atomic E-state index is 0.0720. The third-order valence-electron chi connectivity index (χ3n) is 4.99. The molecular formula is C27H18Cl2N2O2. The normalized spacial score (nSPS) is 11.1. The first-order chi connectivity index (χ1) is 16.0. The van der Waals surface area contributed by atoms with E-state index in [-0.39, 0.29) is 5.57 Å². The Kier molecular flexibility index (Phi) is 6.95. The number of benzene rings is 4. The first-order valence-corrected chi connectivity index (χ1v) is 10.9. The lowest BCUT2D eigenvalue weighted by molar-refractivity contribution is -0.112. The van der Waals surface area contributed by atoms with Crippen molar-refractivity contribution in [2.24, 2.45) is 0 Å². The first-order valence-electron chi connectivity index (χ1n) is 10.1. The van der Waals surface area contributed by atoms with Gasteiger partial charge in [-0.05, 0) is 58.3 Å². The Morgan fingerprint density at radius 3 is 2.61 bits per heavy atom. The number of halogens is 2. The molecule has 0 heterocycles. The molecule has 0 aliphatic carbocycles. The van der Waals surface area contributed by atoms with Crippen molar-refractivity contribution in [1.82, 2.24) is 0 Å². The summed E-state index contributed by atoms with van der Waals surface area (Å²) < 4.78 is 6.00. The molecule has 4 rings (SSSR count). The zero-order valence-corrected chi connectivity index (χ0v) is 18.9. The standard InChI is InChI=1S/C27H18Cl2N2O2/c28-22-11-12-25(29)26(15-22)31-27(32)21(16-30)13-18-5-3-9-23(14-18)33-17-20-8-4-7-19-6-1-2-10-24(19)20/h1-15H,17H2,(H,31,32)/b21-13-. The lowest BCUT2D eigenvalue weighted by Gasteiger charge is -2.10. The van der Waals surface area contributed by atoms with Gasteiger partial charge < -0.3 is 10.1 Å². The largest absolute Gasteiger partial charge is 0.489 e. The summed E-state index contributed by atoms with van der Waals surface area (Å²) in [6.45, 7) is 0.396. The van der Waals surface area contributed by atoms with Crippen molar-refractivity contribution in [3.05, 3.63) is 112 Å². The second kappa shape index (κ2) is 10.2. The first kappa shape index (κ1) is 22.4. The number of nitrogens with zero attached hydrogens (tertiary/aromatic N) is 1. The topological polar surface area (TPSA) is 62.1 Å². The molecule has 4 nitrogen and oxygen atoms in total. The molecule has 0 spiro atoms.